The van der Waals surface area contributed by atoms with Gasteiger partial charge in [-0.1, -0.05) is 35.9 Å². The van der Waals surface area contributed by atoms with E-state index >= 15 is 0 Å². The maximum atomic E-state index is 12.2. The van der Waals surface area contributed by atoms with Crippen LogP contribution in [0.5, 0.6) is 5.75 Å². The van der Waals surface area contributed by atoms with Gasteiger partial charge in [0.25, 0.3) is 5.91 Å². The Morgan fingerprint density at radius 1 is 1.29 bits per heavy atom. The van der Waals surface area contributed by atoms with Gasteiger partial charge in [-0.3, -0.25) is 14.9 Å². The summed E-state index contributed by atoms with van der Waals surface area (Å²) in [5.74, 6) is 0.0497. The predicted molar refractivity (Wildman–Crippen MR) is 105 cm³/mol. The van der Waals surface area contributed by atoms with Crippen LogP contribution in [0.25, 0.3) is 0 Å². The van der Waals surface area contributed by atoms with Gasteiger partial charge >= 0.3 is 5.69 Å². The van der Waals surface area contributed by atoms with E-state index in [1.165, 1.54) is 12.1 Å². The van der Waals surface area contributed by atoms with Crippen LogP contribution >= 0.6 is 11.6 Å². The summed E-state index contributed by atoms with van der Waals surface area (Å²) >= 11 is 6.17. The number of halogens is 1. The second kappa shape index (κ2) is 8.53. The highest BCUT2D eigenvalue weighted by molar-refractivity contribution is 6.31. The number of rotatable bonds is 7. The standard InChI is InChI=1S/C19H17ClN4O4/c1-13-6-7-16(24(26)27)17(10-13)28-12-19(25)22-18-8-9-21-23(18)11-14-4-2-3-5-15(14)20/h2-10H,11-12H2,1H3,(H,22,25). The summed E-state index contributed by atoms with van der Waals surface area (Å²) in [6, 6.07) is 13.5. The molecule has 0 fully saturated rings. The molecule has 3 rings (SSSR count). The third kappa shape index (κ3) is 4.66. The molecule has 2 aromatic carbocycles. The molecule has 0 spiro atoms. The number of ether oxygens (including phenoxy) is 1. The molecular formula is C19H17ClN4O4. The van der Waals surface area contributed by atoms with E-state index in [-0.39, 0.29) is 18.0 Å². The summed E-state index contributed by atoms with van der Waals surface area (Å²) in [6.07, 6.45) is 1.55. The lowest BCUT2D eigenvalue weighted by Gasteiger charge is -2.11. The SMILES string of the molecule is Cc1ccc([N+](=O)[O-])c(OCC(=O)Nc2ccnn2Cc2ccccc2Cl)c1. The molecule has 0 unspecified atom stereocenters. The maximum Gasteiger partial charge on any atom is 0.310 e. The molecule has 0 aliphatic carbocycles. The molecule has 0 saturated carbocycles. The van der Waals surface area contributed by atoms with E-state index in [0.717, 1.165) is 11.1 Å². The minimum absolute atomic E-state index is 0.0460. The first-order valence-electron chi connectivity index (χ1n) is 8.37. The highest BCUT2D eigenvalue weighted by Crippen LogP contribution is 2.27. The number of carbonyl (C=O) groups is 1. The van der Waals surface area contributed by atoms with Crippen LogP contribution in [-0.2, 0) is 11.3 Å². The van der Waals surface area contributed by atoms with E-state index < -0.39 is 10.8 Å². The van der Waals surface area contributed by atoms with Gasteiger partial charge in [-0.25, -0.2) is 4.68 Å². The number of benzene rings is 2. The van der Waals surface area contributed by atoms with Crippen molar-refractivity contribution < 1.29 is 14.5 Å². The van der Waals surface area contributed by atoms with Crippen molar-refractivity contribution in [2.24, 2.45) is 0 Å². The van der Waals surface area contributed by atoms with Crippen molar-refractivity contribution >= 4 is 29.0 Å². The van der Waals surface area contributed by atoms with Crippen LogP contribution in [0.15, 0.2) is 54.7 Å². The number of anilines is 1. The van der Waals surface area contributed by atoms with Gasteiger partial charge in [0, 0.05) is 17.2 Å². The number of carbonyl (C=O) groups excluding carboxylic acids is 1. The average molecular weight is 401 g/mol. The molecule has 144 valence electrons. The maximum absolute atomic E-state index is 12.2. The quantitative estimate of drug-likeness (QED) is 0.480. The van der Waals surface area contributed by atoms with Gasteiger partial charge in [-0.15, -0.1) is 0 Å². The van der Waals surface area contributed by atoms with Gasteiger partial charge in [-0.2, -0.15) is 5.10 Å². The van der Waals surface area contributed by atoms with Crippen LogP contribution in [0.3, 0.4) is 0 Å². The minimum atomic E-state index is -0.550. The number of aryl methyl sites for hydroxylation is 1. The summed E-state index contributed by atoms with van der Waals surface area (Å²) < 4.78 is 6.95. The number of aromatic nitrogens is 2. The van der Waals surface area contributed by atoms with Crippen LogP contribution < -0.4 is 10.1 Å². The van der Waals surface area contributed by atoms with Crippen LogP contribution in [0, 0.1) is 17.0 Å². The number of hydrogen-bond acceptors (Lipinski definition) is 5. The van der Waals surface area contributed by atoms with Crippen molar-refractivity contribution in [3.63, 3.8) is 0 Å². The van der Waals surface area contributed by atoms with Crippen molar-refractivity contribution in [3.8, 4) is 5.75 Å². The monoisotopic (exact) mass is 400 g/mol. The molecule has 0 saturated heterocycles. The van der Waals surface area contributed by atoms with Gasteiger partial charge in [0.15, 0.2) is 12.4 Å². The highest BCUT2D eigenvalue weighted by Gasteiger charge is 2.17. The molecule has 28 heavy (non-hydrogen) atoms. The van der Waals surface area contributed by atoms with Crippen molar-refractivity contribution in [3.05, 3.63) is 81.0 Å². The molecule has 1 amide bonds. The first-order chi connectivity index (χ1) is 13.4. The van der Waals surface area contributed by atoms with Crippen molar-refractivity contribution in [2.45, 2.75) is 13.5 Å². The van der Waals surface area contributed by atoms with Crippen LogP contribution in [0.1, 0.15) is 11.1 Å². The number of hydrogen-bond donors (Lipinski definition) is 1. The molecular weight excluding hydrogens is 384 g/mol. The highest BCUT2D eigenvalue weighted by atomic mass is 35.5. The molecule has 0 aliphatic heterocycles. The Kier molecular flexibility index (Phi) is 5.90. The molecule has 0 atom stereocenters. The van der Waals surface area contributed by atoms with Gasteiger partial charge in [0.05, 0.1) is 17.7 Å². The fourth-order valence-electron chi connectivity index (χ4n) is 2.56. The number of nitrogens with one attached hydrogen (secondary N) is 1. The number of nitro benzene ring substituents is 1. The van der Waals surface area contributed by atoms with E-state index in [1.54, 1.807) is 36.0 Å². The van der Waals surface area contributed by atoms with E-state index in [9.17, 15) is 14.9 Å². The third-order valence-electron chi connectivity index (χ3n) is 3.93. The lowest BCUT2D eigenvalue weighted by atomic mass is 10.2. The molecule has 0 radical (unpaired) electrons. The van der Waals surface area contributed by atoms with E-state index in [1.807, 2.05) is 18.2 Å². The summed E-state index contributed by atoms with van der Waals surface area (Å²) in [4.78, 5) is 22.8. The number of nitrogens with zero attached hydrogens (tertiary/aromatic N) is 3. The van der Waals surface area contributed by atoms with Gasteiger partial charge < -0.3 is 10.1 Å². The first-order valence-corrected chi connectivity index (χ1v) is 8.75. The summed E-state index contributed by atoms with van der Waals surface area (Å²) in [5.41, 5.74) is 1.45. The first kappa shape index (κ1) is 19.4. The summed E-state index contributed by atoms with van der Waals surface area (Å²) in [6.45, 7) is 1.79. The van der Waals surface area contributed by atoms with Crippen LogP contribution in [0.4, 0.5) is 11.5 Å². The van der Waals surface area contributed by atoms with E-state index in [4.69, 9.17) is 16.3 Å². The average Bonchev–Trinajstić information content (AvgIpc) is 3.08. The Hall–Kier alpha value is -3.39. The zero-order valence-electron chi connectivity index (χ0n) is 15.0. The predicted octanol–water partition coefficient (Wildman–Crippen LogP) is 3.82. The molecule has 1 heterocycles. The minimum Gasteiger partial charge on any atom is -0.477 e. The Bertz CT molecular complexity index is 1020. The molecule has 3 aromatic rings. The molecule has 0 bridgehead atoms. The Morgan fingerprint density at radius 3 is 2.82 bits per heavy atom. The Balaban J connectivity index is 1.65. The van der Waals surface area contributed by atoms with Crippen molar-refractivity contribution in [1.29, 1.82) is 0 Å². The Labute approximate surface area is 165 Å². The zero-order valence-corrected chi connectivity index (χ0v) is 15.7. The topological polar surface area (TPSA) is 99.3 Å². The van der Waals surface area contributed by atoms with Crippen LogP contribution in [0.2, 0.25) is 5.02 Å². The molecule has 9 heteroatoms. The van der Waals surface area contributed by atoms with E-state index in [2.05, 4.69) is 10.4 Å². The third-order valence-corrected chi connectivity index (χ3v) is 4.30. The van der Waals surface area contributed by atoms with Gasteiger partial charge in [-0.05, 0) is 30.2 Å². The smallest absolute Gasteiger partial charge is 0.310 e. The summed E-state index contributed by atoms with van der Waals surface area (Å²) in [7, 11) is 0. The largest absolute Gasteiger partial charge is 0.477 e. The van der Waals surface area contributed by atoms with Crippen LogP contribution in [-0.4, -0.2) is 27.2 Å². The second-order valence-electron chi connectivity index (χ2n) is 6.03. The lowest BCUT2D eigenvalue weighted by molar-refractivity contribution is -0.385. The zero-order chi connectivity index (χ0) is 20.1. The summed E-state index contributed by atoms with van der Waals surface area (Å²) in [5, 5.41) is 18.6. The van der Waals surface area contributed by atoms with Gasteiger partial charge in [0.2, 0.25) is 0 Å². The van der Waals surface area contributed by atoms with Crippen molar-refractivity contribution in [2.75, 3.05) is 11.9 Å². The molecule has 1 aromatic heterocycles. The van der Waals surface area contributed by atoms with Gasteiger partial charge in [0.1, 0.15) is 5.82 Å². The van der Waals surface area contributed by atoms with Crippen molar-refractivity contribution in [1.82, 2.24) is 9.78 Å². The lowest BCUT2D eigenvalue weighted by Crippen LogP contribution is -2.22. The van der Waals surface area contributed by atoms with E-state index in [0.29, 0.717) is 17.4 Å². The molecule has 0 aliphatic rings. The number of nitro groups is 1. The molecule has 8 nitrogen and oxygen atoms in total. The fourth-order valence-corrected chi connectivity index (χ4v) is 2.76. The number of amides is 1. The Morgan fingerprint density at radius 2 is 2.07 bits per heavy atom. The molecule has 1 N–H and O–H groups in total. The normalized spacial score (nSPS) is 10.5. The second-order valence-corrected chi connectivity index (χ2v) is 6.44. The fraction of sp³-hybridized carbons (Fsp3) is 0.158.